The molecule has 0 saturated heterocycles. The Morgan fingerprint density at radius 1 is 0.865 bits per heavy atom. The zero-order chi connectivity index (χ0) is 26.8. The number of halogens is 3. The molecule has 3 aromatic rings. The predicted molar refractivity (Wildman–Crippen MR) is 138 cm³/mol. The number of hydrogen-bond donors (Lipinski definition) is 4. The molecule has 4 N–H and O–H groups in total. The quantitative estimate of drug-likeness (QED) is 0.240. The van der Waals surface area contributed by atoms with Crippen LogP contribution >= 0.6 is 23.2 Å². The molecular formula is C25H22Cl2FN3O6. The lowest BCUT2D eigenvalue weighted by Gasteiger charge is -2.12. The molecule has 194 valence electrons. The van der Waals surface area contributed by atoms with E-state index >= 15 is 0 Å². The van der Waals surface area contributed by atoms with Gasteiger partial charge in [-0.15, -0.1) is 0 Å². The lowest BCUT2D eigenvalue weighted by molar-refractivity contribution is 0.0697. The van der Waals surface area contributed by atoms with Crippen molar-refractivity contribution in [1.82, 2.24) is 5.32 Å². The average molecular weight is 550 g/mol. The summed E-state index contributed by atoms with van der Waals surface area (Å²) in [5.74, 6) is -1.99. The highest BCUT2D eigenvalue weighted by molar-refractivity contribution is 6.37. The van der Waals surface area contributed by atoms with Gasteiger partial charge in [0.2, 0.25) is 0 Å². The normalized spacial score (nSPS) is 10.5. The third-order valence-electron chi connectivity index (χ3n) is 4.78. The summed E-state index contributed by atoms with van der Waals surface area (Å²) in [7, 11) is 0. The number of carbonyl (C=O) groups is 3. The van der Waals surface area contributed by atoms with Gasteiger partial charge in [0.1, 0.15) is 18.2 Å². The number of urea groups is 1. The lowest BCUT2D eigenvalue weighted by atomic mass is 10.1. The van der Waals surface area contributed by atoms with E-state index < -0.39 is 23.7 Å². The Hall–Kier alpha value is -3.86. The third-order valence-corrected chi connectivity index (χ3v) is 5.32. The molecule has 0 aromatic heterocycles. The van der Waals surface area contributed by atoms with E-state index in [2.05, 4.69) is 16.0 Å². The first-order chi connectivity index (χ1) is 17.7. The molecule has 37 heavy (non-hydrogen) atoms. The minimum absolute atomic E-state index is 0.0668. The van der Waals surface area contributed by atoms with E-state index in [9.17, 15) is 23.9 Å². The van der Waals surface area contributed by atoms with Gasteiger partial charge >= 0.3 is 12.0 Å². The Morgan fingerprint density at radius 2 is 1.62 bits per heavy atom. The van der Waals surface area contributed by atoms with Gasteiger partial charge < -0.3 is 30.5 Å². The van der Waals surface area contributed by atoms with E-state index in [0.717, 1.165) is 0 Å². The molecule has 0 atom stereocenters. The highest BCUT2D eigenvalue weighted by Gasteiger charge is 2.17. The van der Waals surface area contributed by atoms with Gasteiger partial charge in [-0.1, -0.05) is 23.2 Å². The van der Waals surface area contributed by atoms with Gasteiger partial charge in [0.25, 0.3) is 5.91 Å². The summed E-state index contributed by atoms with van der Waals surface area (Å²) >= 11 is 11.9. The van der Waals surface area contributed by atoms with E-state index in [1.165, 1.54) is 60.7 Å². The number of anilines is 2. The Kier molecular flexibility index (Phi) is 10.1. The molecule has 0 aliphatic carbocycles. The lowest BCUT2D eigenvalue weighted by Crippen LogP contribution is -2.31. The smallest absolute Gasteiger partial charge is 0.337 e. The van der Waals surface area contributed by atoms with Crippen LogP contribution < -0.4 is 20.7 Å². The molecule has 9 nitrogen and oxygen atoms in total. The topological polar surface area (TPSA) is 126 Å². The standard InChI is InChI=1S/C25H22Cl2FN3O6/c26-15-1-7-19(21(27)13-15)23(32)31-22-8-6-18(14-20(22)24(33)34)37-12-11-36-10-9-29-25(35)30-17-4-2-16(28)3-5-17/h1-8,13-14H,9-12H2,(H,31,32)(H,33,34)(H2,29,30,35). The summed E-state index contributed by atoms with van der Waals surface area (Å²) in [6.45, 7) is 0.727. The van der Waals surface area contributed by atoms with Crippen molar-refractivity contribution in [2.45, 2.75) is 0 Å². The van der Waals surface area contributed by atoms with E-state index in [-0.39, 0.29) is 54.0 Å². The number of rotatable bonds is 11. The first-order valence-corrected chi connectivity index (χ1v) is 11.6. The van der Waals surface area contributed by atoms with Gasteiger partial charge in [-0.25, -0.2) is 14.0 Å². The summed E-state index contributed by atoms with van der Waals surface area (Å²) in [6, 6.07) is 13.4. The summed E-state index contributed by atoms with van der Waals surface area (Å²) in [6.07, 6.45) is 0. The van der Waals surface area contributed by atoms with Crippen LogP contribution in [-0.2, 0) is 4.74 Å². The Labute approximate surface area is 221 Å². The third kappa shape index (κ3) is 8.64. The fourth-order valence-corrected chi connectivity index (χ4v) is 3.52. The van der Waals surface area contributed by atoms with Crippen molar-refractivity contribution in [1.29, 1.82) is 0 Å². The molecule has 0 aliphatic rings. The molecule has 0 saturated carbocycles. The average Bonchev–Trinajstić information content (AvgIpc) is 2.85. The number of benzene rings is 3. The van der Waals surface area contributed by atoms with Crippen LogP contribution in [0.4, 0.5) is 20.6 Å². The van der Waals surface area contributed by atoms with Crippen molar-refractivity contribution in [3.8, 4) is 5.75 Å². The molecule has 3 rings (SSSR count). The summed E-state index contributed by atoms with van der Waals surface area (Å²) in [5, 5.41) is 17.7. The van der Waals surface area contributed by atoms with E-state index in [0.29, 0.717) is 10.7 Å². The molecule has 0 unspecified atom stereocenters. The summed E-state index contributed by atoms with van der Waals surface area (Å²) in [4.78, 5) is 36.0. The largest absolute Gasteiger partial charge is 0.491 e. The number of hydrogen-bond acceptors (Lipinski definition) is 5. The van der Waals surface area contributed by atoms with Gasteiger partial charge in [-0.05, 0) is 60.7 Å². The SMILES string of the molecule is O=C(NCCOCCOc1ccc(NC(=O)c2ccc(Cl)cc2Cl)c(C(=O)O)c1)Nc1ccc(F)cc1. The van der Waals surface area contributed by atoms with Crippen LogP contribution in [0.1, 0.15) is 20.7 Å². The Morgan fingerprint density at radius 3 is 2.32 bits per heavy atom. The van der Waals surface area contributed by atoms with Gasteiger partial charge in [-0.3, -0.25) is 4.79 Å². The molecule has 0 radical (unpaired) electrons. The molecule has 0 fully saturated rings. The molecule has 3 amide bonds. The molecule has 0 heterocycles. The number of carboxylic acids is 1. The van der Waals surface area contributed by atoms with Crippen LogP contribution in [-0.4, -0.2) is 49.4 Å². The number of carbonyl (C=O) groups excluding carboxylic acids is 2. The van der Waals surface area contributed by atoms with Crippen molar-refractivity contribution in [3.05, 3.63) is 87.7 Å². The monoisotopic (exact) mass is 549 g/mol. The van der Waals surface area contributed by atoms with Gasteiger partial charge in [0, 0.05) is 17.3 Å². The maximum Gasteiger partial charge on any atom is 0.337 e. The molecule has 0 spiro atoms. The molecule has 12 heteroatoms. The van der Waals surface area contributed by atoms with Crippen LogP contribution in [0.5, 0.6) is 5.75 Å². The zero-order valence-electron chi connectivity index (χ0n) is 19.2. The molecule has 0 bridgehead atoms. The zero-order valence-corrected chi connectivity index (χ0v) is 20.7. The Bertz CT molecular complexity index is 1270. The van der Waals surface area contributed by atoms with E-state index in [1.807, 2.05) is 0 Å². The van der Waals surface area contributed by atoms with Gasteiger partial charge in [0.05, 0.1) is 35.1 Å². The Balaban J connectivity index is 1.42. The first kappa shape index (κ1) is 27.7. The van der Waals surface area contributed by atoms with E-state index in [1.54, 1.807) is 0 Å². The number of nitrogens with one attached hydrogen (secondary N) is 3. The first-order valence-electron chi connectivity index (χ1n) is 10.9. The van der Waals surface area contributed by atoms with Gasteiger partial charge in [-0.2, -0.15) is 0 Å². The highest BCUT2D eigenvalue weighted by Crippen LogP contribution is 2.25. The summed E-state index contributed by atoms with van der Waals surface area (Å²) < 4.78 is 23.8. The van der Waals surface area contributed by atoms with Crippen molar-refractivity contribution >= 4 is 52.5 Å². The van der Waals surface area contributed by atoms with Crippen LogP contribution in [0.3, 0.4) is 0 Å². The molecule has 3 aromatic carbocycles. The van der Waals surface area contributed by atoms with Crippen LogP contribution in [0.2, 0.25) is 10.0 Å². The van der Waals surface area contributed by atoms with Crippen LogP contribution in [0.15, 0.2) is 60.7 Å². The van der Waals surface area contributed by atoms with Crippen LogP contribution in [0, 0.1) is 5.82 Å². The maximum absolute atomic E-state index is 12.9. The van der Waals surface area contributed by atoms with Gasteiger partial charge in [0.15, 0.2) is 0 Å². The van der Waals surface area contributed by atoms with Crippen LogP contribution in [0.25, 0.3) is 0 Å². The fraction of sp³-hybridized carbons (Fsp3) is 0.160. The predicted octanol–water partition coefficient (Wildman–Crippen LogP) is 5.30. The minimum atomic E-state index is -1.26. The second-order valence-corrected chi connectivity index (χ2v) is 8.28. The minimum Gasteiger partial charge on any atom is -0.491 e. The maximum atomic E-state index is 12.9. The number of ether oxygens (including phenoxy) is 2. The highest BCUT2D eigenvalue weighted by atomic mass is 35.5. The fourth-order valence-electron chi connectivity index (χ4n) is 3.03. The molecular weight excluding hydrogens is 528 g/mol. The van der Waals surface area contributed by atoms with Crippen molar-refractivity contribution in [2.24, 2.45) is 0 Å². The number of aromatic carboxylic acids is 1. The van der Waals surface area contributed by atoms with Crippen molar-refractivity contribution in [3.63, 3.8) is 0 Å². The number of carboxylic acid groups (broad SMARTS) is 1. The second-order valence-electron chi connectivity index (χ2n) is 7.44. The number of amides is 3. The molecule has 0 aliphatic heterocycles. The second kappa shape index (κ2) is 13.4. The summed E-state index contributed by atoms with van der Waals surface area (Å²) in [5.41, 5.74) is 0.487. The van der Waals surface area contributed by atoms with Crippen molar-refractivity contribution in [2.75, 3.05) is 37.0 Å². The van der Waals surface area contributed by atoms with Crippen molar-refractivity contribution < 1.29 is 33.4 Å². The van der Waals surface area contributed by atoms with E-state index in [4.69, 9.17) is 32.7 Å².